The zero-order valence-electron chi connectivity index (χ0n) is 10.7. The third kappa shape index (κ3) is 4.96. The fourth-order valence-electron chi connectivity index (χ4n) is 1.29. The number of anilines is 2. The first kappa shape index (κ1) is 14.2. The Morgan fingerprint density at radius 3 is 2.83 bits per heavy atom. The van der Waals surface area contributed by atoms with Gasteiger partial charge in [-0.3, -0.25) is 4.79 Å². The van der Waals surface area contributed by atoms with Gasteiger partial charge in [0.2, 0.25) is 5.91 Å². The molecule has 7 heteroatoms. The topological polar surface area (TPSA) is 105 Å². The van der Waals surface area contributed by atoms with Crippen LogP contribution in [0.3, 0.4) is 0 Å². The standard InChI is InChI=1S/C11H20N6O/c1-3-8(2)16-11(18)4-5-13-9-6-10(17-12)15-7-14-9/h6-8H,3-5,12H2,1-2H3,(H,16,18)(H2,13,14,15,17). The van der Waals surface area contributed by atoms with Crippen LogP contribution in [0.15, 0.2) is 12.4 Å². The van der Waals surface area contributed by atoms with E-state index in [1.54, 1.807) is 6.07 Å². The van der Waals surface area contributed by atoms with Gasteiger partial charge in [-0.05, 0) is 13.3 Å². The average molecular weight is 252 g/mol. The summed E-state index contributed by atoms with van der Waals surface area (Å²) in [7, 11) is 0. The van der Waals surface area contributed by atoms with Crippen molar-refractivity contribution in [3.05, 3.63) is 12.4 Å². The molecule has 7 nitrogen and oxygen atoms in total. The van der Waals surface area contributed by atoms with Gasteiger partial charge in [-0.25, -0.2) is 15.8 Å². The first-order chi connectivity index (χ1) is 8.65. The van der Waals surface area contributed by atoms with Gasteiger partial charge < -0.3 is 16.1 Å². The highest BCUT2D eigenvalue weighted by molar-refractivity contribution is 5.76. The Balaban J connectivity index is 2.30. The zero-order valence-corrected chi connectivity index (χ0v) is 10.7. The highest BCUT2D eigenvalue weighted by Crippen LogP contribution is 2.06. The third-order valence-electron chi connectivity index (χ3n) is 2.49. The number of nitrogens with zero attached hydrogens (tertiary/aromatic N) is 2. The Hall–Kier alpha value is -1.89. The lowest BCUT2D eigenvalue weighted by molar-refractivity contribution is -0.121. The van der Waals surface area contributed by atoms with Crippen molar-refractivity contribution >= 4 is 17.5 Å². The zero-order chi connectivity index (χ0) is 13.4. The molecule has 1 unspecified atom stereocenters. The van der Waals surface area contributed by atoms with E-state index in [1.807, 2.05) is 13.8 Å². The highest BCUT2D eigenvalue weighted by Gasteiger charge is 2.05. The normalized spacial score (nSPS) is 11.7. The van der Waals surface area contributed by atoms with Gasteiger partial charge >= 0.3 is 0 Å². The number of carbonyl (C=O) groups excluding carboxylic acids is 1. The molecule has 1 amide bonds. The van der Waals surface area contributed by atoms with Crippen LogP contribution in [-0.4, -0.2) is 28.5 Å². The number of hydrogen-bond donors (Lipinski definition) is 4. The lowest BCUT2D eigenvalue weighted by atomic mass is 10.2. The fraction of sp³-hybridized carbons (Fsp3) is 0.545. The molecule has 1 atom stereocenters. The molecule has 0 aliphatic heterocycles. The lowest BCUT2D eigenvalue weighted by Gasteiger charge is -2.11. The summed E-state index contributed by atoms with van der Waals surface area (Å²) in [4.78, 5) is 19.4. The van der Waals surface area contributed by atoms with E-state index in [-0.39, 0.29) is 11.9 Å². The summed E-state index contributed by atoms with van der Waals surface area (Å²) >= 11 is 0. The van der Waals surface area contributed by atoms with Crippen LogP contribution in [0.1, 0.15) is 26.7 Å². The molecule has 1 aromatic heterocycles. The van der Waals surface area contributed by atoms with Gasteiger partial charge in [0.25, 0.3) is 0 Å². The Bertz CT molecular complexity index is 384. The number of nitrogen functional groups attached to an aromatic ring is 1. The number of hydrogen-bond acceptors (Lipinski definition) is 6. The van der Waals surface area contributed by atoms with Crippen LogP contribution in [0, 0.1) is 0 Å². The summed E-state index contributed by atoms with van der Waals surface area (Å²) < 4.78 is 0. The van der Waals surface area contributed by atoms with Crippen LogP contribution in [-0.2, 0) is 4.79 Å². The number of amides is 1. The van der Waals surface area contributed by atoms with Crippen molar-refractivity contribution in [2.45, 2.75) is 32.7 Å². The van der Waals surface area contributed by atoms with E-state index in [4.69, 9.17) is 5.84 Å². The van der Waals surface area contributed by atoms with Crippen LogP contribution in [0.2, 0.25) is 0 Å². The molecule has 0 aliphatic rings. The summed E-state index contributed by atoms with van der Waals surface area (Å²) in [6, 6.07) is 1.89. The average Bonchev–Trinajstić information content (AvgIpc) is 2.38. The van der Waals surface area contributed by atoms with Crippen LogP contribution in [0.25, 0.3) is 0 Å². The predicted molar refractivity (Wildman–Crippen MR) is 70.8 cm³/mol. The van der Waals surface area contributed by atoms with Gasteiger partial charge in [-0.15, -0.1) is 0 Å². The van der Waals surface area contributed by atoms with Crippen molar-refractivity contribution in [2.24, 2.45) is 5.84 Å². The minimum absolute atomic E-state index is 0.0306. The lowest BCUT2D eigenvalue weighted by Crippen LogP contribution is -2.33. The summed E-state index contributed by atoms with van der Waals surface area (Å²) in [5.41, 5.74) is 2.43. The van der Waals surface area contributed by atoms with Gasteiger partial charge in [-0.1, -0.05) is 6.92 Å². The molecule has 0 saturated carbocycles. The highest BCUT2D eigenvalue weighted by atomic mass is 16.1. The maximum absolute atomic E-state index is 11.5. The molecule has 0 spiro atoms. The Morgan fingerprint density at radius 1 is 1.44 bits per heavy atom. The molecule has 0 saturated heterocycles. The molecule has 1 rings (SSSR count). The molecule has 100 valence electrons. The van der Waals surface area contributed by atoms with Gasteiger partial charge in [0, 0.05) is 25.1 Å². The van der Waals surface area contributed by atoms with Crippen molar-refractivity contribution in [1.29, 1.82) is 0 Å². The Morgan fingerprint density at radius 2 is 2.17 bits per heavy atom. The maximum Gasteiger partial charge on any atom is 0.221 e. The number of carbonyl (C=O) groups is 1. The van der Waals surface area contributed by atoms with Gasteiger partial charge in [-0.2, -0.15) is 0 Å². The van der Waals surface area contributed by atoms with E-state index in [1.165, 1.54) is 6.33 Å². The van der Waals surface area contributed by atoms with E-state index in [0.717, 1.165) is 6.42 Å². The largest absolute Gasteiger partial charge is 0.369 e. The van der Waals surface area contributed by atoms with Crippen molar-refractivity contribution in [3.8, 4) is 0 Å². The van der Waals surface area contributed by atoms with E-state index in [9.17, 15) is 4.79 Å². The van der Waals surface area contributed by atoms with Gasteiger partial charge in [0.1, 0.15) is 18.0 Å². The van der Waals surface area contributed by atoms with E-state index >= 15 is 0 Å². The maximum atomic E-state index is 11.5. The quantitative estimate of drug-likeness (QED) is 0.415. The molecule has 1 aromatic rings. The molecule has 0 aliphatic carbocycles. The van der Waals surface area contributed by atoms with Crippen LogP contribution in [0.5, 0.6) is 0 Å². The minimum atomic E-state index is 0.0306. The second kappa shape index (κ2) is 7.44. The van der Waals surface area contributed by atoms with Gasteiger partial charge in [0.15, 0.2) is 0 Å². The number of rotatable bonds is 7. The van der Waals surface area contributed by atoms with Crippen molar-refractivity contribution in [2.75, 3.05) is 17.3 Å². The molecule has 0 bridgehead atoms. The second-order valence-electron chi connectivity index (χ2n) is 3.99. The Labute approximate surface area is 107 Å². The molecule has 0 radical (unpaired) electrons. The van der Waals surface area contributed by atoms with Gasteiger partial charge in [0.05, 0.1) is 0 Å². The number of aromatic nitrogens is 2. The van der Waals surface area contributed by atoms with E-state index < -0.39 is 0 Å². The summed E-state index contributed by atoms with van der Waals surface area (Å²) in [5.74, 6) is 6.42. The van der Waals surface area contributed by atoms with Crippen molar-refractivity contribution < 1.29 is 4.79 Å². The molecule has 5 N–H and O–H groups in total. The minimum Gasteiger partial charge on any atom is -0.369 e. The summed E-state index contributed by atoms with van der Waals surface area (Å²) in [5, 5.41) is 5.93. The third-order valence-corrected chi connectivity index (χ3v) is 2.49. The van der Waals surface area contributed by atoms with E-state index in [2.05, 4.69) is 26.0 Å². The smallest absolute Gasteiger partial charge is 0.221 e. The van der Waals surface area contributed by atoms with E-state index in [0.29, 0.717) is 24.6 Å². The molecular weight excluding hydrogens is 232 g/mol. The monoisotopic (exact) mass is 252 g/mol. The first-order valence-corrected chi connectivity index (χ1v) is 5.97. The van der Waals surface area contributed by atoms with Crippen molar-refractivity contribution in [1.82, 2.24) is 15.3 Å². The van der Waals surface area contributed by atoms with Crippen molar-refractivity contribution in [3.63, 3.8) is 0 Å². The number of nitrogens with two attached hydrogens (primary N) is 1. The molecule has 18 heavy (non-hydrogen) atoms. The fourth-order valence-corrected chi connectivity index (χ4v) is 1.29. The summed E-state index contributed by atoms with van der Waals surface area (Å²) in [6.45, 7) is 4.53. The predicted octanol–water partition coefficient (Wildman–Crippen LogP) is 0.479. The first-order valence-electron chi connectivity index (χ1n) is 5.97. The second-order valence-corrected chi connectivity index (χ2v) is 3.99. The summed E-state index contributed by atoms with van der Waals surface area (Å²) in [6.07, 6.45) is 2.73. The molecular formula is C11H20N6O. The SMILES string of the molecule is CCC(C)NC(=O)CCNc1cc(NN)ncn1. The van der Waals surface area contributed by atoms with Crippen LogP contribution in [0.4, 0.5) is 11.6 Å². The molecule has 0 fully saturated rings. The molecule has 0 aromatic carbocycles. The van der Waals surface area contributed by atoms with Crippen LogP contribution >= 0.6 is 0 Å². The number of hydrazine groups is 1. The Kier molecular flexibility index (Phi) is 5.86. The number of nitrogens with one attached hydrogen (secondary N) is 3. The molecule has 1 heterocycles. The van der Waals surface area contributed by atoms with Crippen LogP contribution < -0.4 is 21.9 Å².